The highest BCUT2D eigenvalue weighted by atomic mass is 19.4. The summed E-state index contributed by atoms with van der Waals surface area (Å²) in [6.45, 7) is 6.29. The second-order valence-electron chi connectivity index (χ2n) is 9.54. The molecule has 2 heterocycles. The minimum absolute atomic E-state index is 0.0150. The van der Waals surface area contributed by atoms with E-state index >= 15 is 0 Å². The lowest BCUT2D eigenvalue weighted by molar-refractivity contribution is -0.151. The standard InChI is InChI=1S/C26H31F3N4O4/c1-17-13-22-20(16-21(31-32-22)18-3-2-4-19(15-18)26(27,28)29)23(14-17)37-25(35)6-5-24(34)30-7-8-33-9-11-36-12-10-33/h2-4,15-17,23H,5-14H2,1H3,(H,30,34). The molecule has 200 valence electrons. The Bertz CT molecular complexity index is 1110. The summed E-state index contributed by atoms with van der Waals surface area (Å²) in [5, 5.41) is 11.2. The number of hydrogen-bond donors (Lipinski definition) is 1. The van der Waals surface area contributed by atoms with E-state index < -0.39 is 23.8 Å². The summed E-state index contributed by atoms with van der Waals surface area (Å²) in [5.41, 5.74) is 1.09. The first kappa shape index (κ1) is 27.0. The highest BCUT2D eigenvalue weighted by molar-refractivity contribution is 5.81. The number of amides is 1. The third-order valence-electron chi connectivity index (χ3n) is 6.58. The van der Waals surface area contributed by atoms with Crippen molar-refractivity contribution >= 4 is 11.9 Å². The predicted molar refractivity (Wildman–Crippen MR) is 128 cm³/mol. The van der Waals surface area contributed by atoms with Gasteiger partial charge in [-0.25, -0.2) is 0 Å². The summed E-state index contributed by atoms with van der Waals surface area (Å²) >= 11 is 0. The molecule has 1 amide bonds. The number of carbonyl (C=O) groups is 2. The predicted octanol–water partition coefficient (Wildman–Crippen LogP) is 3.56. The molecular formula is C26H31F3N4O4. The van der Waals surface area contributed by atoms with Crippen LogP contribution in [-0.4, -0.2) is 66.4 Å². The number of rotatable bonds is 8. The van der Waals surface area contributed by atoms with Crippen molar-refractivity contribution in [3.05, 3.63) is 47.2 Å². The Morgan fingerprint density at radius 2 is 1.95 bits per heavy atom. The maximum Gasteiger partial charge on any atom is 0.416 e. The van der Waals surface area contributed by atoms with Gasteiger partial charge in [0.15, 0.2) is 0 Å². The SMILES string of the molecule is CC1Cc2nnc(-c3cccc(C(F)(F)F)c3)cc2C(OC(=O)CCC(=O)NCCN2CCOCC2)C1. The van der Waals surface area contributed by atoms with Crippen LogP contribution in [0.5, 0.6) is 0 Å². The number of alkyl halides is 3. The van der Waals surface area contributed by atoms with Crippen LogP contribution >= 0.6 is 0 Å². The minimum atomic E-state index is -4.47. The van der Waals surface area contributed by atoms with Crippen molar-refractivity contribution in [2.45, 2.75) is 44.9 Å². The van der Waals surface area contributed by atoms with Crippen LogP contribution < -0.4 is 5.32 Å². The Kier molecular flexibility index (Phi) is 8.75. The fraction of sp³-hybridized carbons (Fsp3) is 0.538. The van der Waals surface area contributed by atoms with Crippen LogP contribution in [0.2, 0.25) is 0 Å². The monoisotopic (exact) mass is 520 g/mol. The number of benzene rings is 1. The molecule has 0 radical (unpaired) electrons. The van der Waals surface area contributed by atoms with Crippen LogP contribution in [0.4, 0.5) is 13.2 Å². The van der Waals surface area contributed by atoms with Crippen LogP contribution in [0.1, 0.15) is 49.1 Å². The largest absolute Gasteiger partial charge is 0.457 e. The molecule has 2 atom stereocenters. The lowest BCUT2D eigenvalue weighted by atomic mass is 9.85. The molecule has 0 saturated carbocycles. The van der Waals surface area contributed by atoms with E-state index in [9.17, 15) is 22.8 Å². The van der Waals surface area contributed by atoms with Crippen LogP contribution in [0.3, 0.4) is 0 Å². The van der Waals surface area contributed by atoms with Crippen molar-refractivity contribution in [1.29, 1.82) is 0 Å². The maximum absolute atomic E-state index is 13.2. The first-order valence-corrected chi connectivity index (χ1v) is 12.5. The Morgan fingerprint density at radius 1 is 1.16 bits per heavy atom. The normalized spacial score (nSPS) is 20.2. The van der Waals surface area contributed by atoms with Gasteiger partial charge in [0, 0.05) is 43.7 Å². The summed E-state index contributed by atoms with van der Waals surface area (Å²) in [5.74, 6) is -0.548. The number of aromatic nitrogens is 2. The zero-order chi connectivity index (χ0) is 26.4. The van der Waals surface area contributed by atoms with Gasteiger partial charge in [0.25, 0.3) is 0 Å². The number of nitrogens with one attached hydrogen (secondary N) is 1. The Hall–Kier alpha value is -3.05. The van der Waals surface area contributed by atoms with Gasteiger partial charge in [-0.15, -0.1) is 0 Å². The van der Waals surface area contributed by atoms with E-state index in [1.165, 1.54) is 12.1 Å². The van der Waals surface area contributed by atoms with Gasteiger partial charge in [-0.2, -0.15) is 23.4 Å². The molecule has 11 heteroatoms. The fourth-order valence-corrected chi connectivity index (χ4v) is 4.58. The van der Waals surface area contributed by atoms with E-state index in [1.807, 2.05) is 6.92 Å². The number of halogens is 3. The third kappa shape index (κ3) is 7.48. The number of esters is 1. The van der Waals surface area contributed by atoms with Crippen LogP contribution in [0, 0.1) is 5.92 Å². The molecule has 1 aromatic heterocycles. The second-order valence-corrected chi connectivity index (χ2v) is 9.54. The summed E-state index contributed by atoms with van der Waals surface area (Å²) in [6.07, 6.45) is -3.94. The first-order valence-electron chi connectivity index (χ1n) is 12.5. The van der Waals surface area contributed by atoms with Crippen molar-refractivity contribution in [3.8, 4) is 11.3 Å². The molecule has 0 bridgehead atoms. The summed E-state index contributed by atoms with van der Waals surface area (Å²) in [4.78, 5) is 27.0. The van der Waals surface area contributed by atoms with E-state index in [2.05, 4.69) is 20.4 Å². The van der Waals surface area contributed by atoms with E-state index in [0.717, 1.165) is 31.8 Å². The average molecular weight is 521 g/mol. The molecule has 1 aromatic carbocycles. The number of ether oxygens (including phenoxy) is 2. The van der Waals surface area contributed by atoms with Gasteiger partial charge in [-0.3, -0.25) is 14.5 Å². The molecule has 1 N–H and O–H groups in total. The van der Waals surface area contributed by atoms with Crippen LogP contribution in [0.15, 0.2) is 30.3 Å². The van der Waals surface area contributed by atoms with Crippen molar-refractivity contribution < 1.29 is 32.2 Å². The number of morpholine rings is 1. The van der Waals surface area contributed by atoms with Gasteiger partial charge >= 0.3 is 12.1 Å². The van der Waals surface area contributed by atoms with Gasteiger partial charge in [0.2, 0.25) is 5.91 Å². The molecule has 1 aliphatic carbocycles. The molecule has 1 fully saturated rings. The highest BCUT2D eigenvalue weighted by Crippen LogP contribution is 2.37. The van der Waals surface area contributed by atoms with Crippen molar-refractivity contribution in [1.82, 2.24) is 20.4 Å². The fourth-order valence-electron chi connectivity index (χ4n) is 4.58. The molecule has 2 unspecified atom stereocenters. The molecule has 2 aromatic rings. The maximum atomic E-state index is 13.2. The van der Waals surface area contributed by atoms with E-state index in [1.54, 1.807) is 6.07 Å². The molecule has 4 rings (SSSR count). The first-order chi connectivity index (χ1) is 17.7. The van der Waals surface area contributed by atoms with Crippen LogP contribution in [0.25, 0.3) is 11.3 Å². The lowest BCUT2D eigenvalue weighted by Crippen LogP contribution is -2.41. The Morgan fingerprint density at radius 3 is 2.70 bits per heavy atom. The van der Waals surface area contributed by atoms with Gasteiger partial charge in [0.05, 0.1) is 36.6 Å². The topological polar surface area (TPSA) is 93.7 Å². The van der Waals surface area contributed by atoms with Gasteiger partial charge < -0.3 is 14.8 Å². The van der Waals surface area contributed by atoms with Crippen molar-refractivity contribution in [2.75, 3.05) is 39.4 Å². The average Bonchev–Trinajstić information content (AvgIpc) is 2.87. The molecule has 37 heavy (non-hydrogen) atoms. The molecule has 2 aliphatic rings. The summed E-state index contributed by atoms with van der Waals surface area (Å²) < 4.78 is 50.5. The van der Waals surface area contributed by atoms with Crippen LogP contribution in [-0.2, 0) is 31.7 Å². The smallest absolute Gasteiger partial charge is 0.416 e. The van der Waals surface area contributed by atoms with Crippen molar-refractivity contribution in [3.63, 3.8) is 0 Å². The quantitative estimate of drug-likeness (QED) is 0.532. The summed E-state index contributed by atoms with van der Waals surface area (Å²) in [6, 6.07) is 6.54. The zero-order valence-electron chi connectivity index (χ0n) is 20.7. The van der Waals surface area contributed by atoms with E-state index in [4.69, 9.17) is 9.47 Å². The van der Waals surface area contributed by atoms with Gasteiger partial charge in [0.1, 0.15) is 6.10 Å². The second kappa shape index (κ2) is 12.0. The minimum Gasteiger partial charge on any atom is -0.457 e. The highest BCUT2D eigenvalue weighted by Gasteiger charge is 2.32. The van der Waals surface area contributed by atoms with E-state index in [0.29, 0.717) is 43.9 Å². The van der Waals surface area contributed by atoms with Gasteiger partial charge in [-0.1, -0.05) is 19.1 Å². The molecule has 1 aliphatic heterocycles. The number of fused-ring (bicyclic) bond motifs is 1. The molecule has 1 saturated heterocycles. The molecule has 0 spiro atoms. The Balaban J connectivity index is 1.35. The number of nitrogens with zero attached hydrogens (tertiary/aromatic N) is 3. The zero-order valence-corrected chi connectivity index (χ0v) is 20.7. The lowest BCUT2D eigenvalue weighted by Gasteiger charge is -2.28. The van der Waals surface area contributed by atoms with Crippen molar-refractivity contribution in [2.24, 2.45) is 5.92 Å². The third-order valence-corrected chi connectivity index (χ3v) is 6.58. The summed E-state index contributed by atoms with van der Waals surface area (Å²) in [7, 11) is 0. The molecular weight excluding hydrogens is 489 g/mol. The van der Waals surface area contributed by atoms with Gasteiger partial charge in [-0.05, 0) is 37.0 Å². The number of hydrogen-bond acceptors (Lipinski definition) is 7. The molecule has 8 nitrogen and oxygen atoms in total. The Labute approximate surface area is 213 Å². The number of carbonyl (C=O) groups excluding carboxylic acids is 2. The van der Waals surface area contributed by atoms with E-state index in [-0.39, 0.29) is 35.9 Å².